The van der Waals surface area contributed by atoms with Crippen LogP contribution in [-0.4, -0.2) is 110 Å². The number of carbonyl (C=O) groups is 2. The average molecular weight is 719 g/mol. The van der Waals surface area contributed by atoms with Crippen molar-refractivity contribution in [3.63, 3.8) is 0 Å². The van der Waals surface area contributed by atoms with Gasteiger partial charge in [0.05, 0.1) is 24.4 Å². The summed E-state index contributed by atoms with van der Waals surface area (Å²) in [5.74, 6) is 0.810. The highest BCUT2D eigenvalue weighted by atomic mass is 35.5. The Morgan fingerprint density at radius 1 is 1.02 bits per heavy atom. The number of fused-ring (bicyclic) bond motifs is 1. The second kappa shape index (κ2) is 17.5. The van der Waals surface area contributed by atoms with Crippen molar-refractivity contribution in [1.29, 1.82) is 0 Å². The molecule has 2 aliphatic rings. The van der Waals surface area contributed by atoms with Crippen LogP contribution in [0.15, 0.2) is 42.7 Å². The molecule has 4 N–H and O–H groups in total. The average Bonchev–Trinajstić information content (AvgIpc) is 3.55. The molecule has 1 aromatic heterocycles. The maximum Gasteiger partial charge on any atom is 0.247 e. The van der Waals surface area contributed by atoms with Crippen LogP contribution >= 0.6 is 24.8 Å². The monoisotopic (exact) mass is 717 g/mol. The fourth-order valence-electron chi connectivity index (χ4n) is 6.25. The lowest BCUT2D eigenvalue weighted by molar-refractivity contribution is -0.140. The molecule has 2 aromatic carbocycles. The molecule has 14 heteroatoms. The van der Waals surface area contributed by atoms with Gasteiger partial charge < -0.3 is 40.7 Å². The van der Waals surface area contributed by atoms with E-state index in [9.17, 15) is 9.59 Å². The molecule has 12 nitrogen and oxygen atoms in total. The number of benzene rings is 2. The summed E-state index contributed by atoms with van der Waals surface area (Å²) in [6, 6.07) is 11.2. The van der Waals surface area contributed by atoms with E-state index in [0.29, 0.717) is 42.3 Å². The van der Waals surface area contributed by atoms with Crippen LogP contribution in [0.3, 0.4) is 0 Å². The lowest BCUT2D eigenvalue weighted by Gasteiger charge is -2.36. The van der Waals surface area contributed by atoms with Crippen molar-refractivity contribution in [3.05, 3.63) is 42.7 Å². The molecule has 2 amide bonds. The molecule has 0 radical (unpaired) electrons. The maximum atomic E-state index is 13.9. The first kappa shape index (κ1) is 40.0. The highest BCUT2D eigenvalue weighted by Crippen LogP contribution is 2.34. The van der Waals surface area contributed by atoms with Gasteiger partial charge in [-0.15, -0.1) is 24.8 Å². The van der Waals surface area contributed by atoms with E-state index < -0.39 is 12.1 Å². The molecule has 5 rings (SSSR count). The Morgan fingerprint density at radius 3 is 2.35 bits per heavy atom. The summed E-state index contributed by atoms with van der Waals surface area (Å²) in [4.78, 5) is 43.2. The third-order valence-corrected chi connectivity index (χ3v) is 9.29. The molecule has 49 heavy (non-hydrogen) atoms. The number of hydrogen-bond donors (Lipinski definition) is 4. The van der Waals surface area contributed by atoms with Gasteiger partial charge in [0.1, 0.15) is 23.9 Å². The summed E-state index contributed by atoms with van der Waals surface area (Å²) in [6.07, 6.45) is 2.87. The highest BCUT2D eigenvalue weighted by Gasteiger charge is 2.41. The van der Waals surface area contributed by atoms with Crippen molar-refractivity contribution in [2.24, 2.45) is 5.41 Å². The van der Waals surface area contributed by atoms with E-state index in [0.717, 1.165) is 43.7 Å². The normalized spacial score (nSPS) is 17.9. The van der Waals surface area contributed by atoms with E-state index >= 15 is 0 Å². The summed E-state index contributed by atoms with van der Waals surface area (Å²) in [6.45, 7) is 13.5. The minimum atomic E-state index is -0.584. The fourth-order valence-corrected chi connectivity index (χ4v) is 6.25. The minimum Gasteiger partial charge on any atom is -0.494 e. The molecule has 2 fully saturated rings. The first-order chi connectivity index (χ1) is 22.5. The van der Waals surface area contributed by atoms with E-state index in [1.165, 1.54) is 12.0 Å². The molecule has 0 bridgehead atoms. The lowest BCUT2D eigenvalue weighted by atomic mass is 9.85. The molecular formula is C35H53Cl2N9O3. The van der Waals surface area contributed by atoms with Crippen LogP contribution in [0.1, 0.15) is 40.5 Å². The smallest absolute Gasteiger partial charge is 0.247 e. The van der Waals surface area contributed by atoms with Gasteiger partial charge in [-0.05, 0) is 69.6 Å². The maximum absolute atomic E-state index is 13.9. The Bertz CT molecular complexity index is 1550. The number of hydrogen-bond acceptors (Lipinski definition) is 10. The van der Waals surface area contributed by atoms with Crippen molar-refractivity contribution in [3.8, 4) is 5.75 Å². The number of amides is 2. The van der Waals surface area contributed by atoms with Crippen LogP contribution in [0, 0.1) is 5.41 Å². The molecule has 3 heterocycles. The molecule has 0 saturated carbocycles. The minimum absolute atomic E-state index is 0. The molecule has 3 aromatic rings. The number of methoxy groups -OCH3 is 1. The molecule has 3 atom stereocenters. The van der Waals surface area contributed by atoms with E-state index in [4.69, 9.17) is 4.74 Å². The zero-order valence-corrected chi connectivity index (χ0v) is 31.3. The van der Waals surface area contributed by atoms with E-state index in [1.807, 2.05) is 33.9 Å². The number of ether oxygens (including phenoxy) is 1. The summed E-state index contributed by atoms with van der Waals surface area (Å²) in [7, 11) is 5.62. The number of aromatic nitrogens is 2. The second-order valence-electron chi connectivity index (χ2n) is 13.8. The Balaban J connectivity index is 0.00000325. The van der Waals surface area contributed by atoms with E-state index in [1.54, 1.807) is 18.1 Å². The Labute approximate surface area is 302 Å². The van der Waals surface area contributed by atoms with Gasteiger partial charge in [0.25, 0.3) is 0 Å². The number of halogens is 2. The van der Waals surface area contributed by atoms with Gasteiger partial charge in [-0.2, -0.15) is 0 Å². The molecule has 2 saturated heterocycles. The highest BCUT2D eigenvalue weighted by molar-refractivity contribution is 6.02. The van der Waals surface area contributed by atoms with Gasteiger partial charge in [0.2, 0.25) is 11.8 Å². The van der Waals surface area contributed by atoms with E-state index in [-0.39, 0.29) is 48.1 Å². The Hall–Kier alpha value is -3.42. The second-order valence-corrected chi connectivity index (χ2v) is 13.8. The molecule has 0 aliphatic carbocycles. The third-order valence-electron chi connectivity index (χ3n) is 9.29. The van der Waals surface area contributed by atoms with Crippen molar-refractivity contribution >= 4 is 70.4 Å². The van der Waals surface area contributed by atoms with Crippen molar-refractivity contribution in [2.75, 3.05) is 76.0 Å². The predicted octanol–water partition coefficient (Wildman–Crippen LogP) is 4.52. The third kappa shape index (κ3) is 9.64. The fraction of sp³-hybridized carbons (Fsp3) is 0.543. The zero-order chi connectivity index (χ0) is 33.7. The van der Waals surface area contributed by atoms with Gasteiger partial charge >= 0.3 is 0 Å². The predicted molar refractivity (Wildman–Crippen MR) is 203 cm³/mol. The largest absolute Gasteiger partial charge is 0.494 e. The van der Waals surface area contributed by atoms with Crippen LogP contribution in [0.25, 0.3) is 10.9 Å². The van der Waals surface area contributed by atoms with E-state index in [2.05, 4.69) is 79.3 Å². The first-order valence-electron chi connectivity index (χ1n) is 16.6. The van der Waals surface area contributed by atoms with Gasteiger partial charge in [0.15, 0.2) is 0 Å². The van der Waals surface area contributed by atoms with Crippen molar-refractivity contribution in [2.45, 2.75) is 58.7 Å². The van der Waals surface area contributed by atoms with Crippen molar-refractivity contribution in [1.82, 2.24) is 30.4 Å². The number of rotatable bonds is 11. The first-order valence-corrected chi connectivity index (χ1v) is 16.6. The van der Waals surface area contributed by atoms with Gasteiger partial charge in [-0.3, -0.25) is 9.59 Å². The molecular weight excluding hydrogens is 665 g/mol. The summed E-state index contributed by atoms with van der Waals surface area (Å²) >= 11 is 0. The number of nitrogens with zero attached hydrogens (tertiary/aromatic N) is 5. The summed E-state index contributed by atoms with van der Waals surface area (Å²) in [5.41, 5.74) is 2.95. The van der Waals surface area contributed by atoms with Crippen LogP contribution in [0.4, 0.5) is 22.9 Å². The molecule has 2 aliphatic heterocycles. The van der Waals surface area contributed by atoms with Gasteiger partial charge in [-0.1, -0.05) is 20.8 Å². The Morgan fingerprint density at radius 2 is 1.71 bits per heavy atom. The van der Waals surface area contributed by atoms with Crippen molar-refractivity contribution < 1.29 is 14.3 Å². The van der Waals surface area contributed by atoms with Crippen LogP contribution < -0.4 is 30.9 Å². The number of nitrogens with one attached hydrogen (secondary N) is 4. The van der Waals surface area contributed by atoms with Crippen LogP contribution in [-0.2, 0) is 9.59 Å². The number of piperazine rings is 1. The summed E-state index contributed by atoms with van der Waals surface area (Å²) < 4.78 is 5.68. The number of likely N-dealkylation sites (tertiary alicyclic amines) is 1. The van der Waals surface area contributed by atoms with Gasteiger partial charge in [-0.25, -0.2) is 9.97 Å². The topological polar surface area (TPSA) is 127 Å². The molecule has 0 spiro atoms. The number of likely N-dealkylation sites (N-methyl/N-ethyl adjacent to an activating group) is 2. The quantitative estimate of drug-likeness (QED) is 0.225. The number of carbonyl (C=O) groups excluding carboxylic acids is 2. The lowest BCUT2D eigenvalue weighted by Crippen LogP contribution is -2.57. The molecule has 0 unspecified atom stereocenters. The SMILES string of the molecule is CN[C@@H](C)CN[C@H](C(=O)N1CCC[C@H]1C(=O)Nc1cc2c(Nc3ccc(N4CCN(C)CC4)cc3)ncnc2cc1OC)C(C)(C)C.Cl.Cl. The summed E-state index contributed by atoms with van der Waals surface area (Å²) in [5, 5.41) is 13.9. The Kier molecular flexibility index (Phi) is 14.3. The van der Waals surface area contributed by atoms with Crippen LogP contribution in [0.2, 0.25) is 0 Å². The number of anilines is 4. The van der Waals surface area contributed by atoms with Gasteiger partial charge in [0, 0.05) is 68.1 Å². The molecule has 270 valence electrons. The van der Waals surface area contributed by atoms with Crippen LogP contribution in [0.5, 0.6) is 5.75 Å². The zero-order valence-electron chi connectivity index (χ0n) is 29.7. The standard InChI is InChI=1S/C35H51N9O3.2ClH/c1-23(36-5)21-37-31(35(2,3)4)34(46)44-14-8-9-29(44)33(45)41-28-19-26-27(20-30(28)47-7)38-22-39-32(26)40-24-10-12-25(13-11-24)43-17-15-42(6)16-18-43;;/h10-13,19-20,22-23,29,31,36-37H,8-9,14-18,21H2,1-7H3,(H,41,45)(H,38,39,40);2*1H/t23-,29-,31+;;/m0../s1.